The highest BCUT2D eigenvalue weighted by Gasteiger charge is 2.23. The van der Waals surface area contributed by atoms with E-state index in [0.29, 0.717) is 30.0 Å². The van der Waals surface area contributed by atoms with Gasteiger partial charge in [0.15, 0.2) is 0 Å². The number of carboxylic acids is 1. The van der Waals surface area contributed by atoms with Gasteiger partial charge in [-0.25, -0.2) is 4.79 Å². The SMILES string of the molecule is Cc1[nH]c(C(=O)O)c(C)c1C(=O)N(C)CCOC(C)C. The Morgan fingerprint density at radius 1 is 1.35 bits per heavy atom. The Hall–Kier alpha value is -1.82. The number of aromatic nitrogens is 1. The third kappa shape index (κ3) is 3.60. The van der Waals surface area contributed by atoms with Crippen LogP contribution in [0.15, 0.2) is 0 Å². The van der Waals surface area contributed by atoms with Gasteiger partial charge in [-0.05, 0) is 33.3 Å². The fourth-order valence-corrected chi connectivity index (χ4v) is 2.00. The molecule has 0 fully saturated rings. The van der Waals surface area contributed by atoms with E-state index in [1.807, 2.05) is 13.8 Å². The molecule has 6 heteroatoms. The van der Waals surface area contributed by atoms with E-state index in [-0.39, 0.29) is 17.7 Å². The second-order valence-electron chi connectivity index (χ2n) is 5.08. The molecule has 0 bridgehead atoms. The first-order chi connectivity index (χ1) is 9.25. The number of hydrogen-bond acceptors (Lipinski definition) is 3. The normalized spacial score (nSPS) is 10.9. The molecular weight excluding hydrogens is 260 g/mol. The summed E-state index contributed by atoms with van der Waals surface area (Å²) in [6.07, 6.45) is 0.118. The number of nitrogens with zero attached hydrogens (tertiary/aromatic N) is 1. The fraction of sp³-hybridized carbons (Fsp3) is 0.571. The quantitative estimate of drug-likeness (QED) is 0.834. The lowest BCUT2D eigenvalue weighted by atomic mass is 10.1. The maximum Gasteiger partial charge on any atom is 0.352 e. The molecule has 6 nitrogen and oxygen atoms in total. The van der Waals surface area contributed by atoms with E-state index in [0.717, 1.165) is 0 Å². The van der Waals surface area contributed by atoms with Crippen LogP contribution in [-0.2, 0) is 4.74 Å². The molecule has 1 rings (SSSR count). The van der Waals surface area contributed by atoms with Crippen molar-refractivity contribution < 1.29 is 19.4 Å². The van der Waals surface area contributed by atoms with Crippen LogP contribution in [0.25, 0.3) is 0 Å². The van der Waals surface area contributed by atoms with E-state index in [2.05, 4.69) is 4.98 Å². The predicted octanol–water partition coefficient (Wildman–Crippen LogP) is 1.83. The van der Waals surface area contributed by atoms with Crippen LogP contribution in [0.1, 0.15) is 46.0 Å². The van der Waals surface area contributed by atoms with E-state index in [9.17, 15) is 9.59 Å². The lowest BCUT2D eigenvalue weighted by molar-refractivity contribution is 0.0531. The van der Waals surface area contributed by atoms with Crippen molar-refractivity contribution in [2.75, 3.05) is 20.2 Å². The number of nitrogens with one attached hydrogen (secondary N) is 1. The predicted molar refractivity (Wildman–Crippen MR) is 75.3 cm³/mol. The molecule has 2 N–H and O–H groups in total. The van der Waals surface area contributed by atoms with Crippen LogP contribution in [0.5, 0.6) is 0 Å². The third-order valence-electron chi connectivity index (χ3n) is 3.09. The van der Waals surface area contributed by atoms with Gasteiger partial charge in [0, 0.05) is 19.3 Å². The number of aryl methyl sites for hydroxylation is 1. The highest BCUT2D eigenvalue weighted by Crippen LogP contribution is 2.19. The first-order valence-electron chi connectivity index (χ1n) is 6.55. The van der Waals surface area contributed by atoms with E-state index in [1.54, 1.807) is 20.9 Å². The van der Waals surface area contributed by atoms with Crippen molar-refractivity contribution in [3.8, 4) is 0 Å². The summed E-state index contributed by atoms with van der Waals surface area (Å²) in [6.45, 7) is 8.12. The van der Waals surface area contributed by atoms with Crippen LogP contribution in [0, 0.1) is 13.8 Å². The Kier molecular flexibility index (Phi) is 5.33. The fourth-order valence-electron chi connectivity index (χ4n) is 2.00. The van der Waals surface area contributed by atoms with Crippen molar-refractivity contribution in [3.63, 3.8) is 0 Å². The van der Waals surface area contributed by atoms with Gasteiger partial charge in [0.05, 0.1) is 18.3 Å². The average Bonchev–Trinajstić information content (AvgIpc) is 2.63. The van der Waals surface area contributed by atoms with Crippen molar-refractivity contribution >= 4 is 11.9 Å². The summed E-state index contributed by atoms with van der Waals surface area (Å²) in [5, 5.41) is 9.05. The summed E-state index contributed by atoms with van der Waals surface area (Å²) < 4.78 is 5.41. The largest absolute Gasteiger partial charge is 0.477 e. The molecule has 1 heterocycles. The van der Waals surface area contributed by atoms with Crippen LogP contribution in [0.3, 0.4) is 0 Å². The number of H-pyrrole nitrogens is 1. The Morgan fingerprint density at radius 2 is 1.95 bits per heavy atom. The first kappa shape index (κ1) is 16.2. The first-order valence-corrected chi connectivity index (χ1v) is 6.55. The highest BCUT2D eigenvalue weighted by atomic mass is 16.5. The molecule has 0 radical (unpaired) electrons. The lowest BCUT2D eigenvalue weighted by Gasteiger charge is -2.18. The number of carbonyl (C=O) groups excluding carboxylic acids is 1. The van der Waals surface area contributed by atoms with Gasteiger partial charge in [0.25, 0.3) is 5.91 Å². The second kappa shape index (κ2) is 6.56. The lowest BCUT2D eigenvalue weighted by Crippen LogP contribution is -2.31. The number of amides is 1. The standard InChI is InChI=1S/C14H22N2O4/c1-8(2)20-7-6-16(5)13(17)11-9(3)12(14(18)19)15-10(11)4/h8,15H,6-7H2,1-5H3,(H,18,19). The van der Waals surface area contributed by atoms with Crippen molar-refractivity contribution in [3.05, 3.63) is 22.5 Å². The maximum absolute atomic E-state index is 12.4. The Labute approximate surface area is 118 Å². The number of likely N-dealkylation sites (N-methyl/N-ethyl adjacent to an activating group) is 1. The van der Waals surface area contributed by atoms with Gasteiger partial charge < -0.3 is 19.7 Å². The molecular formula is C14H22N2O4. The third-order valence-corrected chi connectivity index (χ3v) is 3.09. The van der Waals surface area contributed by atoms with Gasteiger partial charge in [-0.2, -0.15) is 0 Å². The molecule has 0 spiro atoms. The zero-order valence-corrected chi connectivity index (χ0v) is 12.6. The van der Waals surface area contributed by atoms with Crippen LogP contribution in [0.4, 0.5) is 0 Å². The van der Waals surface area contributed by atoms with Crippen molar-refractivity contribution in [1.29, 1.82) is 0 Å². The summed E-state index contributed by atoms with van der Waals surface area (Å²) in [5.74, 6) is -1.26. The Balaban J connectivity index is 2.84. The molecule has 112 valence electrons. The maximum atomic E-state index is 12.4. The number of carbonyl (C=O) groups is 2. The topological polar surface area (TPSA) is 82.6 Å². The van der Waals surface area contributed by atoms with Crippen molar-refractivity contribution in [2.45, 2.75) is 33.8 Å². The molecule has 0 aliphatic rings. The monoisotopic (exact) mass is 282 g/mol. The number of ether oxygens (including phenoxy) is 1. The Bertz CT molecular complexity index is 506. The highest BCUT2D eigenvalue weighted by molar-refractivity contribution is 6.00. The summed E-state index contributed by atoms with van der Waals surface area (Å²) in [6, 6.07) is 0. The van der Waals surface area contributed by atoms with Crippen molar-refractivity contribution in [1.82, 2.24) is 9.88 Å². The Morgan fingerprint density at radius 3 is 2.40 bits per heavy atom. The summed E-state index contributed by atoms with van der Waals surface area (Å²) in [7, 11) is 1.68. The molecule has 0 saturated heterocycles. The minimum Gasteiger partial charge on any atom is -0.477 e. The van der Waals surface area contributed by atoms with Crippen LogP contribution in [0.2, 0.25) is 0 Å². The molecule has 0 aromatic carbocycles. The average molecular weight is 282 g/mol. The molecule has 0 atom stereocenters. The van der Waals surface area contributed by atoms with Gasteiger partial charge in [-0.1, -0.05) is 0 Å². The smallest absolute Gasteiger partial charge is 0.352 e. The van der Waals surface area contributed by atoms with Gasteiger partial charge in [0.1, 0.15) is 5.69 Å². The van der Waals surface area contributed by atoms with Gasteiger partial charge in [-0.15, -0.1) is 0 Å². The molecule has 1 aromatic rings. The number of carboxylic acid groups (broad SMARTS) is 1. The molecule has 1 amide bonds. The molecule has 0 unspecified atom stereocenters. The van der Waals surface area contributed by atoms with Gasteiger partial charge >= 0.3 is 5.97 Å². The van der Waals surface area contributed by atoms with E-state index < -0.39 is 5.97 Å². The summed E-state index contributed by atoms with van der Waals surface area (Å²) >= 11 is 0. The molecule has 0 aliphatic heterocycles. The van der Waals surface area contributed by atoms with E-state index >= 15 is 0 Å². The van der Waals surface area contributed by atoms with Crippen LogP contribution >= 0.6 is 0 Å². The molecule has 0 saturated carbocycles. The second-order valence-corrected chi connectivity index (χ2v) is 5.08. The van der Waals surface area contributed by atoms with Gasteiger partial charge in [-0.3, -0.25) is 4.79 Å². The minimum atomic E-state index is -1.06. The number of aromatic carboxylic acids is 1. The molecule has 20 heavy (non-hydrogen) atoms. The zero-order valence-electron chi connectivity index (χ0n) is 12.6. The molecule has 1 aromatic heterocycles. The summed E-state index contributed by atoms with van der Waals surface area (Å²) in [4.78, 5) is 27.7. The van der Waals surface area contributed by atoms with Crippen LogP contribution < -0.4 is 0 Å². The van der Waals surface area contributed by atoms with Crippen LogP contribution in [-0.4, -0.2) is 53.2 Å². The van der Waals surface area contributed by atoms with E-state index in [1.165, 1.54) is 4.90 Å². The number of rotatable bonds is 6. The summed E-state index contributed by atoms with van der Waals surface area (Å²) in [5.41, 5.74) is 1.53. The minimum absolute atomic E-state index is 0.0673. The zero-order chi connectivity index (χ0) is 15.4. The van der Waals surface area contributed by atoms with Gasteiger partial charge in [0.2, 0.25) is 0 Å². The number of hydrogen-bond donors (Lipinski definition) is 2. The van der Waals surface area contributed by atoms with E-state index in [4.69, 9.17) is 9.84 Å². The number of aromatic amines is 1. The molecule has 0 aliphatic carbocycles. The van der Waals surface area contributed by atoms with Crippen molar-refractivity contribution in [2.24, 2.45) is 0 Å².